The summed E-state index contributed by atoms with van der Waals surface area (Å²) in [5.41, 5.74) is 4.26. The lowest BCUT2D eigenvalue weighted by Crippen LogP contribution is -2.29. The Morgan fingerprint density at radius 3 is 3.00 bits per heavy atom. The topological polar surface area (TPSA) is 81.9 Å². The highest BCUT2D eigenvalue weighted by molar-refractivity contribution is 5.92. The average molecular weight is 301 g/mol. The third-order valence-electron chi connectivity index (χ3n) is 3.65. The Kier molecular flexibility index (Phi) is 4.15. The monoisotopic (exact) mass is 301 g/mol. The van der Waals surface area contributed by atoms with Gasteiger partial charge in [-0.3, -0.25) is 9.48 Å². The molecule has 7 heteroatoms. The quantitative estimate of drug-likeness (QED) is 0.903. The van der Waals surface area contributed by atoms with Crippen molar-refractivity contribution in [1.29, 1.82) is 0 Å². The molecule has 22 heavy (non-hydrogen) atoms. The molecule has 1 amide bonds. The van der Waals surface area contributed by atoms with Gasteiger partial charge in [-0.05, 0) is 26.0 Å². The molecule has 116 valence electrons. The van der Waals surface area contributed by atoms with Crippen molar-refractivity contribution in [2.24, 2.45) is 0 Å². The number of carbonyl (C=O) groups excluding carboxylic acids is 1. The van der Waals surface area contributed by atoms with Crippen LogP contribution in [0.5, 0.6) is 0 Å². The minimum absolute atomic E-state index is 0.220. The Hall–Kier alpha value is -2.28. The predicted octanol–water partition coefficient (Wildman–Crippen LogP) is 0.793. The number of nitrogens with one attached hydrogen (secondary N) is 1. The number of hydrogen-bond donors (Lipinski definition) is 1. The number of hydrogen-bond acceptors (Lipinski definition) is 5. The number of fused-ring (bicyclic) bond motifs is 1. The number of amides is 1. The molecule has 2 aromatic rings. The second-order valence-corrected chi connectivity index (χ2v) is 5.41. The lowest BCUT2D eigenvalue weighted by molar-refractivity contribution is 0.0941. The van der Waals surface area contributed by atoms with Gasteiger partial charge in [-0.2, -0.15) is 10.2 Å². The molecule has 0 aliphatic carbocycles. The van der Waals surface area contributed by atoms with Crippen LogP contribution in [0.25, 0.3) is 0 Å². The Labute approximate surface area is 128 Å². The Balaban J connectivity index is 1.59. The summed E-state index contributed by atoms with van der Waals surface area (Å²) in [7, 11) is 0. The van der Waals surface area contributed by atoms with E-state index >= 15 is 0 Å². The van der Waals surface area contributed by atoms with E-state index < -0.39 is 0 Å². The zero-order chi connectivity index (χ0) is 15.5. The second-order valence-electron chi connectivity index (χ2n) is 5.41. The molecule has 0 fully saturated rings. The van der Waals surface area contributed by atoms with Crippen LogP contribution in [-0.2, 0) is 24.3 Å². The maximum atomic E-state index is 12.1. The van der Waals surface area contributed by atoms with Crippen molar-refractivity contribution < 1.29 is 9.53 Å². The standard InChI is InChI=1S/C15H19N5O2/c1-10-7-11(2)20(19-10)5-4-16-15(21)14-8-12-9-22-6-3-13(12)17-18-14/h7-8H,3-6,9H2,1-2H3,(H,16,21). The third-order valence-corrected chi connectivity index (χ3v) is 3.65. The van der Waals surface area contributed by atoms with Gasteiger partial charge in [0.15, 0.2) is 5.69 Å². The smallest absolute Gasteiger partial charge is 0.271 e. The Bertz CT molecular complexity index is 695. The van der Waals surface area contributed by atoms with Gasteiger partial charge in [-0.25, -0.2) is 0 Å². The van der Waals surface area contributed by atoms with Crippen LogP contribution in [0.1, 0.15) is 33.1 Å². The van der Waals surface area contributed by atoms with Gasteiger partial charge < -0.3 is 10.1 Å². The summed E-state index contributed by atoms with van der Waals surface area (Å²) in [6, 6.07) is 3.77. The van der Waals surface area contributed by atoms with E-state index in [0.717, 1.165) is 29.1 Å². The lowest BCUT2D eigenvalue weighted by Gasteiger charge is -2.15. The van der Waals surface area contributed by atoms with Gasteiger partial charge in [0.2, 0.25) is 0 Å². The molecule has 1 aliphatic rings. The van der Waals surface area contributed by atoms with Crippen LogP contribution in [0.3, 0.4) is 0 Å². The average Bonchev–Trinajstić information content (AvgIpc) is 2.84. The number of ether oxygens (including phenoxy) is 1. The molecule has 2 aromatic heterocycles. The van der Waals surface area contributed by atoms with Gasteiger partial charge in [-0.1, -0.05) is 0 Å². The van der Waals surface area contributed by atoms with Crippen LogP contribution in [-0.4, -0.2) is 39.0 Å². The van der Waals surface area contributed by atoms with Gasteiger partial charge in [0.25, 0.3) is 5.91 Å². The molecule has 0 bridgehead atoms. The lowest BCUT2D eigenvalue weighted by atomic mass is 10.1. The zero-order valence-electron chi connectivity index (χ0n) is 12.8. The number of aromatic nitrogens is 4. The van der Waals surface area contributed by atoms with E-state index in [0.29, 0.717) is 32.0 Å². The fourth-order valence-corrected chi connectivity index (χ4v) is 2.52. The summed E-state index contributed by atoms with van der Waals surface area (Å²) < 4.78 is 7.25. The largest absolute Gasteiger partial charge is 0.376 e. The molecule has 0 saturated carbocycles. The van der Waals surface area contributed by atoms with Gasteiger partial charge >= 0.3 is 0 Å². The molecule has 0 spiro atoms. The molecule has 0 saturated heterocycles. The highest BCUT2D eigenvalue weighted by Gasteiger charge is 2.15. The first-order chi connectivity index (χ1) is 10.6. The van der Waals surface area contributed by atoms with Crippen molar-refractivity contribution in [1.82, 2.24) is 25.3 Å². The van der Waals surface area contributed by atoms with Crippen molar-refractivity contribution in [3.05, 3.63) is 40.5 Å². The number of carbonyl (C=O) groups is 1. The first kappa shape index (κ1) is 14.6. The molecule has 0 atom stereocenters. The molecular weight excluding hydrogens is 282 g/mol. The molecule has 1 N–H and O–H groups in total. The van der Waals surface area contributed by atoms with Crippen LogP contribution in [0.15, 0.2) is 12.1 Å². The van der Waals surface area contributed by atoms with Crippen molar-refractivity contribution >= 4 is 5.91 Å². The van der Waals surface area contributed by atoms with Gasteiger partial charge in [-0.15, -0.1) is 5.10 Å². The molecule has 3 heterocycles. The van der Waals surface area contributed by atoms with Crippen molar-refractivity contribution in [2.45, 2.75) is 33.4 Å². The second kappa shape index (κ2) is 6.23. The normalized spacial score (nSPS) is 13.7. The van der Waals surface area contributed by atoms with Crippen LogP contribution in [0, 0.1) is 13.8 Å². The number of aryl methyl sites for hydroxylation is 2. The van der Waals surface area contributed by atoms with E-state index in [2.05, 4.69) is 20.6 Å². The fraction of sp³-hybridized carbons (Fsp3) is 0.467. The number of nitrogens with zero attached hydrogens (tertiary/aromatic N) is 4. The van der Waals surface area contributed by atoms with Gasteiger partial charge in [0.1, 0.15) is 0 Å². The van der Waals surface area contributed by atoms with Crippen LogP contribution < -0.4 is 5.32 Å². The van der Waals surface area contributed by atoms with Crippen LogP contribution in [0.4, 0.5) is 0 Å². The first-order valence-electron chi connectivity index (χ1n) is 7.36. The summed E-state index contributed by atoms with van der Waals surface area (Å²) in [6.07, 6.45) is 0.752. The van der Waals surface area contributed by atoms with Crippen molar-refractivity contribution in [3.63, 3.8) is 0 Å². The van der Waals surface area contributed by atoms with Crippen molar-refractivity contribution in [2.75, 3.05) is 13.2 Å². The summed E-state index contributed by atoms with van der Waals surface area (Å²) >= 11 is 0. The maximum Gasteiger partial charge on any atom is 0.271 e. The molecule has 0 unspecified atom stereocenters. The van der Waals surface area contributed by atoms with Crippen LogP contribution in [0.2, 0.25) is 0 Å². The molecule has 7 nitrogen and oxygen atoms in total. The summed E-state index contributed by atoms with van der Waals surface area (Å²) in [5.74, 6) is -0.220. The minimum atomic E-state index is -0.220. The highest BCUT2D eigenvalue weighted by atomic mass is 16.5. The minimum Gasteiger partial charge on any atom is -0.376 e. The first-order valence-corrected chi connectivity index (χ1v) is 7.36. The van der Waals surface area contributed by atoms with Crippen LogP contribution >= 0.6 is 0 Å². The molecule has 3 rings (SSSR count). The van der Waals surface area contributed by atoms with Gasteiger partial charge in [0.05, 0.1) is 31.1 Å². The summed E-state index contributed by atoms with van der Waals surface area (Å²) in [6.45, 7) is 6.24. The van der Waals surface area contributed by atoms with E-state index in [1.165, 1.54) is 0 Å². The maximum absolute atomic E-state index is 12.1. The predicted molar refractivity (Wildman–Crippen MR) is 79.4 cm³/mol. The van der Waals surface area contributed by atoms with E-state index in [-0.39, 0.29) is 5.91 Å². The fourth-order valence-electron chi connectivity index (χ4n) is 2.52. The third kappa shape index (κ3) is 3.14. The molecule has 0 radical (unpaired) electrons. The molecule has 1 aliphatic heterocycles. The van der Waals surface area contributed by atoms with Gasteiger partial charge in [0, 0.05) is 24.2 Å². The van der Waals surface area contributed by atoms with Crippen molar-refractivity contribution in [3.8, 4) is 0 Å². The van der Waals surface area contributed by atoms with E-state index in [1.807, 2.05) is 24.6 Å². The summed E-state index contributed by atoms with van der Waals surface area (Å²) in [4.78, 5) is 12.1. The highest BCUT2D eigenvalue weighted by Crippen LogP contribution is 2.14. The van der Waals surface area contributed by atoms with E-state index in [4.69, 9.17) is 4.74 Å². The van der Waals surface area contributed by atoms with E-state index in [9.17, 15) is 4.79 Å². The Morgan fingerprint density at radius 1 is 1.36 bits per heavy atom. The molecule has 0 aromatic carbocycles. The molecular formula is C15H19N5O2. The Morgan fingerprint density at radius 2 is 2.23 bits per heavy atom. The summed E-state index contributed by atoms with van der Waals surface area (Å²) in [5, 5.41) is 15.3. The van der Waals surface area contributed by atoms with E-state index in [1.54, 1.807) is 6.07 Å². The number of rotatable bonds is 4. The zero-order valence-corrected chi connectivity index (χ0v) is 12.8. The SMILES string of the molecule is Cc1cc(C)n(CCNC(=O)c2cc3c(nn2)CCOC3)n1.